The van der Waals surface area contributed by atoms with Crippen molar-refractivity contribution in [3.8, 4) is 0 Å². The third-order valence-electron chi connectivity index (χ3n) is 9.14. The van der Waals surface area contributed by atoms with Gasteiger partial charge in [-0.1, -0.05) is 129 Å². The Balaban J connectivity index is 0.000000138. The number of hydrogen-bond acceptors (Lipinski definition) is 1. The number of H-pyrrole nitrogens is 2. The molecular formula is C43H48N2O. The van der Waals surface area contributed by atoms with Gasteiger partial charge in [0.2, 0.25) is 0 Å². The van der Waals surface area contributed by atoms with E-state index in [0.717, 1.165) is 25.7 Å². The molecule has 8 rings (SSSR count). The van der Waals surface area contributed by atoms with Gasteiger partial charge < -0.3 is 9.97 Å². The highest BCUT2D eigenvalue weighted by Crippen LogP contribution is 2.51. The molecule has 0 amide bonds. The van der Waals surface area contributed by atoms with E-state index >= 15 is 0 Å². The first-order chi connectivity index (χ1) is 22.2. The van der Waals surface area contributed by atoms with Gasteiger partial charge in [0.25, 0.3) is 0 Å². The second-order valence-electron chi connectivity index (χ2n) is 13.3. The van der Waals surface area contributed by atoms with Crippen LogP contribution in [-0.4, -0.2) is 15.8 Å². The molecule has 1 unspecified atom stereocenters. The van der Waals surface area contributed by atoms with Crippen molar-refractivity contribution in [1.29, 1.82) is 0 Å². The summed E-state index contributed by atoms with van der Waals surface area (Å²) in [4.78, 5) is 17.3. The maximum absolute atomic E-state index is 10.5. The van der Waals surface area contributed by atoms with E-state index in [0.29, 0.717) is 11.7 Å². The number of carbonyl (C=O) groups excluding carboxylic acids is 1. The SMILES string of the molecule is C=Cc1ccc(C)cc1.Cc1ccc(C2CC(C)(C)c3c2[nH]c2ccccc32)cc1.O=C1CCCCC1.c1ccc2[nH]ccc2c1. The summed E-state index contributed by atoms with van der Waals surface area (Å²) in [5.74, 6) is 0.953. The van der Waals surface area contributed by atoms with E-state index in [1.807, 2.05) is 24.4 Å². The minimum atomic E-state index is 0.227. The number of ketones is 1. The Labute approximate surface area is 274 Å². The molecule has 3 nitrogen and oxygen atoms in total. The largest absolute Gasteiger partial charge is 0.361 e. The van der Waals surface area contributed by atoms with E-state index in [1.165, 1.54) is 68.2 Å². The normalized spacial score (nSPS) is 16.3. The first-order valence-electron chi connectivity index (χ1n) is 16.7. The van der Waals surface area contributed by atoms with Crippen LogP contribution in [0.15, 0.2) is 116 Å². The first-order valence-corrected chi connectivity index (χ1v) is 16.7. The summed E-state index contributed by atoms with van der Waals surface area (Å²) < 4.78 is 0. The van der Waals surface area contributed by atoms with Crippen molar-refractivity contribution in [1.82, 2.24) is 9.97 Å². The number of benzene rings is 4. The van der Waals surface area contributed by atoms with Crippen LogP contribution in [0.1, 0.15) is 91.8 Å². The molecule has 1 saturated carbocycles. The summed E-state index contributed by atoms with van der Waals surface area (Å²) in [5.41, 5.74) is 10.9. The van der Waals surface area contributed by atoms with Gasteiger partial charge in [0.15, 0.2) is 0 Å². The van der Waals surface area contributed by atoms with Crippen LogP contribution in [0.2, 0.25) is 0 Å². The molecule has 0 radical (unpaired) electrons. The van der Waals surface area contributed by atoms with Crippen molar-refractivity contribution in [2.24, 2.45) is 0 Å². The molecule has 2 aromatic heterocycles. The van der Waals surface area contributed by atoms with Gasteiger partial charge in [0, 0.05) is 47.1 Å². The summed E-state index contributed by atoms with van der Waals surface area (Å²) >= 11 is 0. The van der Waals surface area contributed by atoms with E-state index in [-0.39, 0.29) is 5.41 Å². The number of Topliss-reactive ketones (excluding diaryl/α,β-unsaturated/α-hetero) is 1. The van der Waals surface area contributed by atoms with Crippen LogP contribution < -0.4 is 0 Å². The molecule has 6 aromatic rings. The molecule has 4 aromatic carbocycles. The van der Waals surface area contributed by atoms with E-state index in [1.54, 1.807) is 0 Å². The molecule has 2 aliphatic rings. The first kappa shape index (κ1) is 32.8. The fourth-order valence-electron chi connectivity index (χ4n) is 6.59. The summed E-state index contributed by atoms with van der Waals surface area (Å²) in [7, 11) is 0. The van der Waals surface area contributed by atoms with Crippen LogP contribution in [-0.2, 0) is 10.2 Å². The van der Waals surface area contributed by atoms with Crippen LogP contribution in [0.25, 0.3) is 27.9 Å². The Morgan fingerprint density at radius 3 is 1.96 bits per heavy atom. The summed E-state index contributed by atoms with van der Waals surface area (Å²) in [5, 5.41) is 2.67. The van der Waals surface area contributed by atoms with Gasteiger partial charge in [-0.15, -0.1) is 0 Å². The average molecular weight is 609 g/mol. The zero-order valence-electron chi connectivity index (χ0n) is 27.9. The number of rotatable bonds is 2. The highest BCUT2D eigenvalue weighted by Gasteiger charge is 2.40. The van der Waals surface area contributed by atoms with Crippen molar-refractivity contribution in [3.63, 3.8) is 0 Å². The van der Waals surface area contributed by atoms with E-state index in [9.17, 15) is 4.79 Å². The van der Waals surface area contributed by atoms with Crippen molar-refractivity contribution < 1.29 is 4.79 Å². The smallest absolute Gasteiger partial charge is 0.132 e. The zero-order valence-corrected chi connectivity index (χ0v) is 27.9. The van der Waals surface area contributed by atoms with Crippen molar-refractivity contribution in [3.05, 3.63) is 149 Å². The molecule has 0 saturated heterocycles. The number of nitrogens with one attached hydrogen (secondary N) is 2. The fraction of sp³-hybridized carbons (Fsp3) is 0.279. The summed E-state index contributed by atoms with van der Waals surface area (Å²) in [6.07, 6.45) is 10.2. The molecule has 46 heavy (non-hydrogen) atoms. The highest BCUT2D eigenvalue weighted by atomic mass is 16.1. The highest BCUT2D eigenvalue weighted by molar-refractivity contribution is 5.87. The minimum absolute atomic E-state index is 0.227. The van der Waals surface area contributed by atoms with Gasteiger partial charge in [-0.2, -0.15) is 0 Å². The predicted molar refractivity (Wildman–Crippen MR) is 197 cm³/mol. The average Bonchev–Trinajstić information content (AvgIpc) is 3.77. The third kappa shape index (κ3) is 8.14. The second kappa shape index (κ2) is 15.1. The lowest BCUT2D eigenvalue weighted by molar-refractivity contribution is -0.120. The minimum Gasteiger partial charge on any atom is -0.361 e. The molecular weight excluding hydrogens is 560 g/mol. The van der Waals surface area contributed by atoms with Gasteiger partial charge in [-0.05, 0) is 78.8 Å². The molecule has 0 bridgehead atoms. The van der Waals surface area contributed by atoms with Crippen LogP contribution in [0.3, 0.4) is 0 Å². The number of aromatic nitrogens is 2. The zero-order chi connectivity index (χ0) is 32.5. The summed E-state index contributed by atoms with van der Waals surface area (Å²) in [6.45, 7) is 12.6. The van der Waals surface area contributed by atoms with E-state index in [2.05, 4.69) is 135 Å². The second-order valence-corrected chi connectivity index (χ2v) is 13.3. The topological polar surface area (TPSA) is 48.6 Å². The summed E-state index contributed by atoms with van der Waals surface area (Å²) in [6, 6.07) is 36.3. The quantitative estimate of drug-likeness (QED) is 0.202. The molecule has 2 heterocycles. The fourth-order valence-corrected chi connectivity index (χ4v) is 6.59. The van der Waals surface area contributed by atoms with Crippen LogP contribution in [0.4, 0.5) is 0 Å². The van der Waals surface area contributed by atoms with Crippen molar-refractivity contribution in [2.45, 2.75) is 77.6 Å². The molecule has 236 valence electrons. The number of fused-ring (bicyclic) bond motifs is 4. The van der Waals surface area contributed by atoms with Gasteiger partial charge in [0.05, 0.1) is 0 Å². The van der Waals surface area contributed by atoms with Gasteiger partial charge >= 0.3 is 0 Å². The lowest BCUT2D eigenvalue weighted by Gasteiger charge is -2.20. The predicted octanol–water partition coefficient (Wildman–Crippen LogP) is 11.6. The number of aromatic amines is 2. The van der Waals surface area contributed by atoms with Gasteiger partial charge in [-0.3, -0.25) is 4.79 Å². The Morgan fingerprint density at radius 1 is 0.739 bits per heavy atom. The molecule has 3 heteroatoms. The van der Waals surface area contributed by atoms with Crippen LogP contribution in [0, 0.1) is 13.8 Å². The van der Waals surface area contributed by atoms with Crippen LogP contribution >= 0.6 is 0 Å². The number of aryl methyl sites for hydroxylation is 2. The Bertz CT molecular complexity index is 1830. The Kier molecular flexibility index (Phi) is 10.8. The number of carbonyl (C=O) groups is 1. The lowest BCUT2D eigenvalue weighted by Crippen LogP contribution is -2.12. The van der Waals surface area contributed by atoms with Crippen molar-refractivity contribution >= 4 is 33.7 Å². The molecule has 0 spiro atoms. The number of para-hydroxylation sites is 2. The molecule has 2 aliphatic carbocycles. The van der Waals surface area contributed by atoms with Crippen molar-refractivity contribution in [2.75, 3.05) is 0 Å². The molecule has 1 atom stereocenters. The molecule has 1 fully saturated rings. The van der Waals surface area contributed by atoms with Gasteiger partial charge in [-0.25, -0.2) is 0 Å². The Morgan fingerprint density at radius 2 is 1.35 bits per heavy atom. The maximum atomic E-state index is 10.5. The van der Waals surface area contributed by atoms with Gasteiger partial charge in [0.1, 0.15) is 5.78 Å². The van der Waals surface area contributed by atoms with Crippen LogP contribution in [0.5, 0.6) is 0 Å². The maximum Gasteiger partial charge on any atom is 0.132 e. The molecule has 0 aliphatic heterocycles. The number of hydrogen-bond donors (Lipinski definition) is 2. The molecule has 2 N–H and O–H groups in total. The van der Waals surface area contributed by atoms with E-state index < -0.39 is 0 Å². The Hall–Kier alpha value is -4.63. The lowest BCUT2D eigenvalue weighted by atomic mass is 9.83. The monoisotopic (exact) mass is 608 g/mol. The van der Waals surface area contributed by atoms with E-state index in [4.69, 9.17) is 0 Å². The third-order valence-corrected chi connectivity index (χ3v) is 9.14. The standard InChI is InChI=1S/C20H21N.C9H10.C8H7N.C6H10O/c1-13-8-10-14(11-9-13)16-12-20(2,3)18-15-6-4-5-7-17(15)21-19(16)18;1-3-9-6-4-8(2)5-7-9;1-2-4-8-7(3-1)5-6-9-8;7-6-4-2-1-3-5-6/h4-11,16,21H,12H2,1-3H3;3-7H,1H2,2H3;1-6,9H;1-5H2.